The second-order valence-electron chi connectivity index (χ2n) is 9.47. The van der Waals surface area contributed by atoms with Crippen molar-refractivity contribution in [1.29, 1.82) is 0 Å². The quantitative estimate of drug-likeness (QED) is 0.198. The molecule has 1 N–H and O–H groups in total. The Labute approximate surface area is 277 Å². The number of halogens is 1. The number of nitrogens with one attached hydrogen (secondary N) is 1. The van der Waals surface area contributed by atoms with E-state index in [-0.39, 0.29) is 0 Å². The number of hydrogen-bond donors (Lipinski definition) is 1. The lowest BCUT2D eigenvalue weighted by atomic mass is 10.2. The standard InChI is InChI=1S/C17H12N6.C9H6BrN3.C8H7N3/c1-5-15(17-19-9-3-10-20-17)21-16(6-1)23-11-7-14(22-23)13-4-2-8-18-12-13;10-8-4-1-3-7(13-8)9-11-5-2-6-12-9;1-2-7(6-9-4-1)8-3-5-10-11-8/h1-12H;1-6H;1-6H,(H,10,11). The van der Waals surface area contributed by atoms with Crippen LogP contribution in [0.3, 0.4) is 0 Å². The molecule has 0 spiro atoms. The Morgan fingerprint density at radius 3 is 1.77 bits per heavy atom. The molecule has 12 nitrogen and oxygen atoms in total. The van der Waals surface area contributed by atoms with Crippen molar-refractivity contribution in [1.82, 2.24) is 59.8 Å². The Morgan fingerprint density at radius 1 is 0.532 bits per heavy atom. The third-order valence-corrected chi connectivity index (χ3v) is 6.74. The lowest BCUT2D eigenvalue weighted by molar-refractivity contribution is 0.850. The molecule has 228 valence electrons. The van der Waals surface area contributed by atoms with Crippen molar-refractivity contribution in [2.45, 2.75) is 0 Å². The molecular formula is C34H25BrN12. The molecule has 0 radical (unpaired) electrons. The molecule has 8 heterocycles. The first-order valence-electron chi connectivity index (χ1n) is 14.2. The molecular weight excluding hydrogens is 656 g/mol. The van der Waals surface area contributed by atoms with Gasteiger partial charge in [0.2, 0.25) is 0 Å². The van der Waals surface area contributed by atoms with Crippen LogP contribution in [0.1, 0.15) is 0 Å². The zero-order valence-electron chi connectivity index (χ0n) is 24.7. The van der Waals surface area contributed by atoms with Crippen LogP contribution in [0, 0.1) is 0 Å². The van der Waals surface area contributed by atoms with Gasteiger partial charge in [0, 0.05) is 73.1 Å². The maximum Gasteiger partial charge on any atom is 0.178 e. The molecule has 0 unspecified atom stereocenters. The molecule has 0 bridgehead atoms. The molecule has 0 aliphatic heterocycles. The Morgan fingerprint density at radius 2 is 1.17 bits per heavy atom. The number of rotatable bonds is 5. The summed E-state index contributed by atoms with van der Waals surface area (Å²) in [6, 6.07) is 26.5. The number of hydrogen-bond acceptors (Lipinski definition) is 10. The predicted octanol–water partition coefficient (Wildman–Crippen LogP) is 6.56. The van der Waals surface area contributed by atoms with Gasteiger partial charge in [-0.3, -0.25) is 15.1 Å². The van der Waals surface area contributed by atoms with Crippen molar-refractivity contribution in [3.05, 3.63) is 152 Å². The number of H-pyrrole nitrogens is 1. The van der Waals surface area contributed by atoms with Crippen molar-refractivity contribution in [2.75, 3.05) is 0 Å². The molecule has 0 fully saturated rings. The molecule has 0 aliphatic carbocycles. The van der Waals surface area contributed by atoms with E-state index in [0.717, 1.165) is 32.8 Å². The van der Waals surface area contributed by atoms with E-state index in [2.05, 4.69) is 71.1 Å². The fourth-order valence-electron chi connectivity index (χ4n) is 4.13. The highest BCUT2D eigenvalue weighted by Crippen LogP contribution is 2.18. The third kappa shape index (κ3) is 8.44. The largest absolute Gasteiger partial charge is 0.278 e. The van der Waals surface area contributed by atoms with E-state index in [4.69, 9.17) is 0 Å². The zero-order valence-corrected chi connectivity index (χ0v) is 26.2. The van der Waals surface area contributed by atoms with Crippen LogP contribution >= 0.6 is 15.9 Å². The maximum absolute atomic E-state index is 4.58. The van der Waals surface area contributed by atoms with E-state index in [9.17, 15) is 0 Å². The Hall–Kier alpha value is -6.34. The van der Waals surface area contributed by atoms with Crippen LogP contribution in [0.4, 0.5) is 0 Å². The molecule has 13 heteroatoms. The zero-order chi connectivity index (χ0) is 32.1. The van der Waals surface area contributed by atoms with Crippen LogP contribution in [0.2, 0.25) is 0 Å². The summed E-state index contributed by atoms with van der Waals surface area (Å²) in [4.78, 5) is 33.6. The van der Waals surface area contributed by atoms with Gasteiger partial charge in [0.1, 0.15) is 16.0 Å². The Bertz CT molecular complexity index is 2090. The van der Waals surface area contributed by atoms with E-state index >= 15 is 0 Å². The third-order valence-electron chi connectivity index (χ3n) is 6.29. The predicted molar refractivity (Wildman–Crippen MR) is 180 cm³/mol. The highest BCUT2D eigenvalue weighted by atomic mass is 79.9. The lowest BCUT2D eigenvalue weighted by Gasteiger charge is -2.03. The maximum atomic E-state index is 4.58. The van der Waals surface area contributed by atoms with Crippen molar-refractivity contribution >= 4 is 15.9 Å². The number of nitrogens with zero attached hydrogens (tertiary/aromatic N) is 11. The van der Waals surface area contributed by atoms with Crippen LogP contribution in [-0.2, 0) is 0 Å². The fourth-order valence-corrected chi connectivity index (χ4v) is 4.47. The van der Waals surface area contributed by atoms with Crippen molar-refractivity contribution in [2.24, 2.45) is 0 Å². The van der Waals surface area contributed by atoms with Crippen LogP contribution in [0.5, 0.6) is 0 Å². The average Bonchev–Trinajstić information content (AvgIpc) is 3.88. The van der Waals surface area contributed by atoms with Gasteiger partial charge in [0.15, 0.2) is 17.5 Å². The lowest BCUT2D eigenvalue weighted by Crippen LogP contribution is -2.00. The molecule has 8 aromatic heterocycles. The fraction of sp³-hybridized carbons (Fsp3) is 0. The minimum Gasteiger partial charge on any atom is -0.278 e. The highest BCUT2D eigenvalue weighted by molar-refractivity contribution is 9.10. The summed E-state index contributed by atoms with van der Waals surface area (Å²) in [6.07, 6.45) is 17.5. The monoisotopic (exact) mass is 680 g/mol. The molecule has 8 aromatic rings. The van der Waals surface area contributed by atoms with Crippen LogP contribution < -0.4 is 0 Å². The second kappa shape index (κ2) is 15.6. The van der Waals surface area contributed by atoms with Crippen LogP contribution in [0.15, 0.2) is 152 Å². The average molecular weight is 682 g/mol. The molecule has 0 saturated carbocycles. The normalized spacial score (nSPS) is 10.2. The molecule has 0 amide bonds. The Balaban J connectivity index is 0.000000136. The second-order valence-corrected chi connectivity index (χ2v) is 10.3. The van der Waals surface area contributed by atoms with Gasteiger partial charge in [-0.2, -0.15) is 10.2 Å². The van der Waals surface area contributed by atoms with Crippen molar-refractivity contribution < 1.29 is 0 Å². The minimum absolute atomic E-state index is 0.592. The molecule has 0 atom stereocenters. The number of aromatic amines is 1. The molecule has 0 aromatic carbocycles. The SMILES string of the molecule is Brc1cccc(-c2ncccn2)n1.c1cnc(-c2cccc(-n3ccc(-c4cccnc4)n3)n2)nc1.c1cncc(-c2ccn[nH]2)c1. The Kier molecular flexibility index (Phi) is 10.2. The van der Waals surface area contributed by atoms with E-state index < -0.39 is 0 Å². The van der Waals surface area contributed by atoms with Gasteiger partial charge in [-0.15, -0.1) is 0 Å². The summed E-state index contributed by atoms with van der Waals surface area (Å²) < 4.78 is 2.52. The molecule has 47 heavy (non-hydrogen) atoms. The van der Waals surface area contributed by atoms with Crippen LogP contribution in [-0.4, -0.2) is 59.8 Å². The molecule has 8 rings (SSSR count). The summed E-state index contributed by atoms with van der Waals surface area (Å²) in [5.74, 6) is 1.95. The minimum atomic E-state index is 0.592. The van der Waals surface area contributed by atoms with Gasteiger partial charge in [-0.25, -0.2) is 34.6 Å². The highest BCUT2D eigenvalue weighted by Gasteiger charge is 2.08. The molecule has 0 aliphatic rings. The van der Waals surface area contributed by atoms with Gasteiger partial charge >= 0.3 is 0 Å². The summed E-state index contributed by atoms with van der Waals surface area (Å²) in [6.45, 7) is 0. The van der Waals surface area contributed by atoms with E-state index in [0.29, 0.717) is 23.2 Å². The first kappa shape index (κ1) is 30.7. The van der Waals surface area contributed by atoms with E-state index in [1.54, 1.807) is 72.6 Å². The first-order valence-corrected chi connectivity index (χ1v) is 15.0. The van der Waals surface area contributed by atoms with Crippen molar-refractivity contribution in [3.8, 4) is 51.4 Å². The smallest absolute Gasteiger partial charge is 0.178 e. The number of pyridine rings is 4. The topological polar surface area (TPSA) is 150 Å². The summed E-state index contributed by atoms with van der Waals surface area (Å²) >= 11 is 3.29. The number of aromatic nitrogens is 12. The van der Waals surface area contributed by atoms with Crippen molar-refractivity contribution in [3.63, 3.8) is 0 Å². The van der Waals surface area contributed by atoms with Gasteiger partial charge in [-0.1, -0.05) is 12.1 Å². The van der Waals surface area contributed by atoms with Crippen LogP contribution in [0.25, 0.3) is 51.4 Å². The van der Waals surface area contributed by atoms with Gasteiger partial charge in [0.05, 0.1) is 11.4 Å². The summed E-state index contributed by atoms with van der Waals surface area (Å²) in [5, 5.41) is 11.3. The summed E-state index contributed by atoms with van der Waals surface area (Å²) in [7, 11) is 0. The van der Waals surface area contributed by atoms with E-state index in [1.165, 1.54) is 0 Å². The van der Waals surface area contributed by atoms with Gasteiger partial charge in [0.25, 0.3) is 0 Å². The summed E-state index contributed by atoms with van der Waals surface area (Å²) in [5.41, 5.74) is 5.36. The first-order chi connectivity index (χ1) is 23.2. The molecule has 0 saturated heterocycles. The van der Waals surface area contributed by atoms with Gasteiger partial charge in [-0.05, 0) is 88.7 Å². The van der Waals surface area contributed by atoms with E-state index in [1.807, 2.05) is 79.0 Å². The van der Waals surface area contributed by atoms with Gasteiger partial charge < -0.3 is 0 Å².